The molecule has 0 radical (unpaired) electrons. The zero-order valence-corrected chi connectivity index (χ0v) is 16.5. The number of hydrogen-bond acceptors (Lipinski definition) is 6. The van der Waals surface area contributed by atoms with E-state index in [9.17, 15) is 4.79 Å². The van der Waals surface area contributed by atoms with Crippen molar-refractivity contribution < 1.29 is 4.79 Å². The van der Waals surface area contributed by atoms with Gasteiger partial charge in [-0.25, -0.2) is 10.4 Å². The van der Waals surface area contributed by atoms with Crippen LogP contribution in [0, 0.1) is 0 Å². The highest BCUT2D eigenvalue weighted by molar-refractivity contribution is 6.13. The second-order valence-corrected chi connectivity index (χ2v) is 6.79. The standard InChI is InChI=1S/C21H24N6O/c1-26(2)17-9-5-15(6-10-17)13-19-20(28)24-21(23-19)25-22-14-16-7-11-18(12-8-16)27(3)4/h5-14H,1-4H3,(H2,23,24,25,28)/b19-13-,22-14+. The van der Waals surface area contributed by atoms with Crippen molar-refractivity contribution in [3.8, 4) is 0 Å². The van der Waals surface area contributed by atoms with Crippen LogP contribution in [0.2, 0.25) is 0 Å². The third-order valence-electron chi connectivity index (χ3n) is 4.20. The first-order valence-electron chi connectivity index (χ1n) is 8.88. The molecule has 2 aromatic carbocycles. The van der Waals surface area contributed by atoms with Crippen molar-refractivity contribution >= 4 is 35.5 Å². The second-order valence-electron chi connectivity index (χ2n) is 6.79. The number of aliphatic imine (C=N–C) groups is 1. The van der Waals surface area contributed by atoms with Crippen molar-refractivity contribution in [1.82, 2.24) is 10.7 Å². The van der Waals surface area contributed by atoms with Crippen LogP contribution in [-0.4, -0.2) is 46.3 Å². The van der Waals surface area contributed by atoms with Crippen LogP contribution in [0.4, 0.5) is 11.4 Å². The Balaban J connectivity index is 1.64. The van der Waals surface area contributed by atoms with E-state index < -0.39 is 0 Å². The fourth-order valence-electron chi connectivity index (χ4n) is 2.57. The molecule has 144 valence electrons. The van der Waals surface area contributed by atoms with Crippen LogP contribution in [0.1, 0.15) is 11.1 Å². The maximum absolute atomic E-state index is 12.1. The number of nitrogens with zero attached hydrogens (tertiary/aromatic N) is 4. The number of nitrogens with one attached hydrogen (secondary N) is 2. The number of hydrogen-bond donors (Lipinski definition) is 2. The summed E-state index contributed by atoms with van der Waals surface area (Å²) in [6, 6.07) is 15.9. The number of amides is 1. The van der Waals surface area contributed by atoms with Gasteiger partial charge < -0.3 is 9.80 Å². The summed E-state index contributed by atoms with van der Waals surface area (Å²) in [6.45, 7) is 0. The van der Waals surface area contributed by atoms with Crippen molar-refractivity contribution in [1.29, 1.82) is 0 Å². The Morgan fingerprint density at radius 2 is 1.43 bits per heavy atom. The van der Waals surface area contributed by atoms with E-state index in [0.29, 0.717) is 11.7 Å². The Bertz CT molecular complexity index is 924. The Morgan fingerprint density at radius 3 is 1.96 bits per heavy atom. The summed E-state index contributed by atoms with van der Waals surface area (Å²) < 4.78 is 0. The van der Waals surface area contributed by atoms with Crippen molar-refractivity contribution in [3.63, 3.8) is 0 Å². The first-order chi connectivity index (χ1) is 13.4. The van der Waals surface area contributed by atoms with Gasteiger partial charge in [0.15, 0.2) is 0 Å². The number of hydrazone groups is 1. The molecule has 0 aromatic heterocycles. The van der Waals surface area contributed by atoms with E-state index in [1.807, 2.05) is 86.5 Å². The number of anilines is 2. The summed E-state index contributed by atoms with van der Waals surface area (Å²) in [5.41, 5.74) is 7.17. The molecular formula is C21H24N6O. The van der Waals surface area contributed by atoms with Gasteiger partial charge in [0, 0.05) is 39.6 Å². The van der Waals surface area contributed by atoms with E-state index in [2.05, 4.69) is 20.8 Å². The van der Waals surface area contributed by atoms with E-state index in [0.717, 1.165) is 22.5 Å². The fourth-order valence-corrected chi connectivity index (χ4v) is 2.57. The highest BCUT2D eigenvalue weighted by Gasteiger charge is 2.19. The molecule has 0 bridgehead atoms. The monoisotopic (exact) mass is 376 g/mol. The van der Waals surface area contributed by atoms with Gasteiger partial charge in [0.2, 0.25) is 5.96 Å². The average molecular weight is 376 g/mol. The Hall–Kier alpha value is -3.61. The Kier molecular flexibility index (Phi) is 5.74. The SMILES string of the molecule is CN(C)c1ccc(/C=C2\N=C(N/N=C/c3ccc(N(C)C)cc3)NC2=O)cc1. The van der Waals surface area contributed by atoms with Crippen LogP contribution in [0.25, 0.3) is 6.08 Å². The molecule has 2 aromatic rings. The van der Waals surface area contributed by atoms with Gasteiger partial charge >= 0.3 is 0 Å². The van der Waals surface area contributed by atoms with Gasteiger partial charge in [-0.1, -0.05) is 24.3 Å². The molecule has 0 aliphatic carbocycles. The predicted octanol–water partition coefficient (Wildman–Crippen LogP) is 2.27. The van der Waals surface area contributed by atoms with Gasteiger partial charge in [-0.05, 0) is 41.5 Å². The zero-order valence-electron chi connectivity index (χ0n) is 16.5. The number of carbonyl (C=O) groups excluding carboxylic acids is 1. The van der Waals surface area contributed by atoms with Crippen LogP contribution in [-0.2, 0) is 4.79 Å². The van der Waals surface area contributed by atoms with Crippen molar-refractivity contribution in [2.45, 2.75) is 0 Å². The molecule has 0 saturated carbocycles. The number of rotatable bonds is 5. The van der Waals surface area contributed by atoms with Gasteiger partial charge in [0.1, 0.15) is 5.70 Å². The maximum atomic E-state index is 12.1. The molecule has 2 N–H and O–H groups in total. The minimum Gasteiger partial charge on any atom is -0.378 e. The molecule has 7 heteroatoms. The smallest absolute Gasteiger partial charge is 0.276 e. The average Bonchev–Trinajstić information content (AvgIpc) is 3.02. The normalized spacial score (nSPS) is 14.9. The van der Waals surface area contributed by atoms with Crippen LogP contribution in [0.3, 0.4) is 0 Å². The first kappa shape index (κ1) is 19.2. The van der Waals surface area contributed by atoms with Crippen molar-refractivity contribution in [2.75, 3.05) is 38.0 Å². The zero-order chi connectivity index (χ0) is 20.1. The summed E-state index contributed by atoms with van der Waals surface area (Å²) >= 11 is 0. The number of benzene rings is 2. The van der Waals surface area contributed by atoms with Crippen LogP contribution >= 0.6 is 0 Å². The highest BCUT2D eigenvalue weighted by Crippen LogP contribution is 2.16. The maximum Gasteiger partial charge on any atom is 0.276 e. The van der Waals surface area contributed by atoms with E-state index in [4.69, 9.17) is 0 Å². The molecule has 1 heterocycles. The molecule has 0 spiro atoms. The van der Waals surface area contributed by atoms with E-state index >= 15 is 0 Å². The van der Waals surface area contributed by atoms with E-state index in [1.54, 1.807) is 12.3 Å². The van der Waals surface area contributed by atoms with Gasteiger partial charge in [-0.2, -0.15) is 5.10 Å². The van der Waals surface area contributed by atoms with Gasteiger partial charge in [-0.15, -0.1) is 0 Å². The quantitative estimate of drug-likeness (QED) is 0.477. The molecule has 28 heavy (non-hydrogen) atoms. The molecule has 7 nitrogen and oxygen atoms in total. The third kappa shape index (κ3) is 4.76. The van der Waals surface area contributed by atoms with Crippen LogP contribution < -0.4 is 20.5 Å². The predicted molar refractivity (Wildman–Crippen MR) is 116 cm³/mol. The summed E-state index contributed by atoms with van der Waals surface area (Å²) in [5, 5.41) is 6.81. The van der Waals surface area contributed by atoms with Crippen LogP contribution in [0.5, 0.6) is 0 Å². The largest absolute Gasteiger partial charge is 0.378 e. The van der Waals surface area contributed by atoms with Gasteiger partial charge in [0.25, 0.3) is 5.91 Å². The van der Waals surface area contributed by atoms with E-state index in [1.165, 1.54) is 0 Å². The third-order valence-corrected chi connectivity index (χ3v) is 4.20. The molecule has 1 aliphatic rings. The lowest BCUT2D eigenvalue weighted by molar-refractivity contribution is -0.115. The first-order valence-corrected chi connectivity index (χ1v) is 8.88. The lowest BCUT2D eigenvalue weighted by atomic mass is 10.1. The lowest BCUT2D eigenvalue weighted by Crippen LogP contribution is -2.33. The summed E-state index contributed by atoms with van der Waals surface area (Å²) in [4.78, 5) is 20.4. The Labute approximate surface area is 165 Å². The molecule has 0 fully saturated rings. The fraction of sp³-hybridized carbons (Fsp3) is 0.190. The minimum absolute atomic E-state index is 0.260. The molecule has 1 aliphatic heterocycles. The lowest BCUT2D eigenvalue weighted by Gasteiger charge is -2.11. The van der Waals surface area contributed by atoms with Gasteiger partial charge in [-0.3, -0.25) is 10.1 Å². The summed E-state index contributed by atoms with van der Waals surface area (Å²) in [5.74, 6) is 0.0482. The second kappa shape index (κ2) is 8.39. The van der Waals surface area contributed by atoms with E-state index in [-0.39, 0.29) is 5.91 Å². The molecule has 0 atom stereocenters. The number of guanidine groups is 1. The Morgan fingerprint density at radius 1 is 0.893 bits per heavy atom. The number of carbonyl (C=O) groups is 1. The van der Waals surface area contributed by atoms with Crippen molar-refractivity contribution in [2.24, 2.45) is 10.1 Å². The van der Waals surface area contributed by atoms with Gasteiger partial charge in [0.05, 0.1) is 6.21 Å². The molecule has 0 saturated heterocycles. The summed E-state index contributed by atoms with van der Waals surface area (Å²) in [6.07, 6.45) is 3.42. The molecule has 1 amide bonds. The molecule has 0 unspecified atom stereocenters. The van der Waals surface area contributed by atoms with Crippen LogP contribution in [0.15, 0.2) is 64.3 Å². The highest BCUT2D eigenvalue weighted by atomic mass is 16.2. The molecular weight excluding hydrogens is 352 g/mol. The minimum atomic E-state index is -0.260. The topological polar surface area (TPSA) is 72.3 Å². The summed E-state index contributed by atoms with van der Waals surface area (Å²) in [7, 11) is 7.95. The van der Waals surface area contributed by atoms with Crippen molar-refractivity contribution in [3.05, 3.63) is 65.4 Å². The molecule has 3 rings (SSSR count).